The first-order valence-corrected chi connectivity index (χ1v) is 8.13. The van der Waals surface area contributed by atoms with Gasteiger partial charge >= 0.3 is 0 Å². The average molecular weight is 283 g/mol. The van der Waals surface area contributed by atoms with Crippen molar-refractivity contribution in [2.45, 2.75) is 25.3 Å². The Morgan fingerprint density at radius 1 is 1.00 bits per heavy atom. The van der Waals surface area contributed by atoms with Crippen molar-refractivity contribution in [3.05, 3.63) is 0 Å². The number of rotatable bonds is 4. The van der Waals surface area contributed by atoms with E-state index in [0.717, 1.165) is 71.5 Å². The summed E-state index contributed by atoms with van der Waals surface area (Å²) in [6, 6.07) is 0.730. The van der Waals surface area contributed by atoms with E-state index in [1.54, 1.807) is 0 Å². The van der Waals surface area contributed by atoms with Crippen molar-refractivity contribution in [2.24, 2.45) is 11.1 Å². The normalized spacial score (nSPS) is 32.5. The fourth-order valence-electron chi connectivity index (χ4n) is 3.90. The van der Waals surface area contributed by atoms with E-state index >= 15 is 0 Å². The van der Waals surface area contributed by atoms with Crippen molar-refractivity contribution in [1.82, 2.24) is 9.80 Å². The fourth-order valence-corrected chi connectivity index (χ4v) is 3.90. The molecule has 0 bridgehead atoms. The van der Waals surface area contributed by atoms with Crippen LogP contribution >= 0.6 is 0 Å². The van der Waals surface area contributed by atoms with Crippen molar-refractivity contribution >= 4 is 0 Å². The molecule has 116 valence electrons. The van der Waals surface area contributed by atoms with Crippen molar-refractivity contribution in [1.29, 1.82) is 0 Å². The van der Waals surface area contributed by atoms with E-state index < -0.39 is 0 Å². The van der Waals surface area contributed by atoms with Crippen molar-refractivity contribution in [2.75, 3.05) is 65.7 Å². The second kappa shape index (κ2) is 6.71. The number of hydrogen-bond donors (Lipinski definition) is 1. The molecule has 2 N–H and O–H groups in total. The number of ether oxygens (including phenoxy) is 2. The molecule has 20 heavy (non-hydrogen) atoms. The molecule has 0 aromatic heterocycles. The molecule has 0 radical (unpaired) electrons. The number of likely N-dealkylation sites (tertiary alicyclic amines) is 1. The van der Waals surface area contributed by atoms with E-state index in [-0.39, 0.29) is 0 Å². The van der Waals surface area contributed by atoms with Gasteiger partial charge in [-0.3, -0.25) is 4.90 Å². The Labute approximate surface area is 122 Å². The summed E-state index contributed by atoms with van der Waals surface area (Å²) >= 11 is 0. The number of nitrogens with zero attached hydrogens (tertiary/aromatic N) is 2. The first kappa shape index (κ1) is 14.7. The molecule has 1 atom stereocenters. The van der Waals surface area contributed by atoms with Gasteiger partial charge in [-0.25, -0.2) is 0 Å². The summed E-state index contributed by atoms with van der Waals surface area (Å²) in [5.74, 6) is 0. The van der Waals surface area contributed by atoms with Crippen LogP contribution in [0, 0.1) is 5.41 Å². The highest BCUT2D eigenvalue weighted by atomic mass is 16.5. The Hall–Kier alpha value is -0.200. The molecule has 0 aromatic rings. The van der Waals surface area contributed by atoms with Gasteiger partial charge in [0.2, 0.25) is 0 Å². The van der Waals surface area contributed by atoms with Gasteiger partial charge in [-0.2, -0.15) is 0 Å². The molecule has 5 nitrogen and oxygen atoms in total. The molecule has 5 heteroatoms. The molecule has 3 aliphatic heterocycles. The summed E-state index contributed by atoms with van der Waals surface area (Å²) in [6.45, 7) is 10.2. The highest BCUT2D eigenvalue weighted by Gasteiger charge is 2.36. The first-order chi connectivity index (χ1) is 9.81. The van der Waals surface area contributed by atoms with Crippen LogP contribution in [-0.2, 0) is 9.47 Å². The van der Waals surface area contributed by atoms with Gasteiger partial charge in [0.1, 0.15) is 0 Å². The molecule has 0 spiro atoms. The summed E-state index contributed by atoms with van der Waals surface area (Å²) in [6.07, 6.45) is 3.56. The van der Waals surface area contributed by atoms with Crippen molar-refractivity contribution < 1.29 is 9.47 Å². The van der Waals surface area contributed by atoms with Gasteiger partial charge < -0.3 is 20.1 Å². The zero-order valence-corrected chi connectivity index (χ0v) is 12.6. The maximum atomic E-state index is 6.08. The Kier molecular flexibility index (Phi) is 4.94. The molecule has 3 fully saturated rings. The highest BCUT2D eigenvalue weighted by Crippen LogP contribution is 2.32. The molecule has 3 heterocycles. The van der Waals surface area contributed by atoms with E-state index in [1.165, 1.54) is 19.5 Å². The Balaban J connectivity index is 1.51. The lowest BCUT2D eigenvalue weighted by atomic mass is 9.80. The van der Waals surface area contributed by atoms with Gasteiger partial charge in [-0.05, 0) is 37.8 Å². The topological polar surface area (TPSA) is 51.0 Å². The third-order valence-electron chi connectivity index (χ3n) is 5.36. The Bertz CT molecular complexity index is 301. The van der Waals surface area contributed by atoms with Crippen LogP contribution in [0.15, 0.2) is 0 Å². The molecular weight excluding hydrogens is 254 g/mol. The molecule has 1 unspecified atom stereocenters. The van der Waals surface area contributed by atoms with Crippen LogP contribution in [0.5, 0.6) is 0 Å². The average Bonchev–Trinajstić information content (AvgIpc) is 2.97. The van der Waals surface area contributed by atoms with Gasteiger partial charge in [0.25, 0.3) is 0 Å². The van der Waals surface area contributed by atoms with Gasteiger partial charge in [0, 0.05) is 45.4 Å². The summed E-state index contributed by atoms with van der Waals surface area (Å²) in [5, 5.41) is 0. The second-order valence-electron chi connectivity index (χ2n) is 6.64. The molecule has 0 aromatic carbocycles. The van der Waals surface area contributed by atoms with Crippen LogP contribution in [0.25, 0.3) is 0 Å². The smallest absolute Gasteiger partial charge is 0.0594 e. The van der Waals surface area contributed by atoms with Gasteiger partial charge in [-0.15, -0.1) is 0 Å². The maximum Gasteiger partial charge on any atom is 0.0594 e. The summed E-state index contributed by atoms with van der Waals surface area (Å²) in [5.41, 5.74) is 6.39. The summed E-state index contributed by atoms with van der Waals surface area (Å²) < 4.78 is 11.0. The van der Waals surface area contributed by atoms with E-state index in [1.807, 2.05) is 0 Å². The Morgan fingerprint density at radius 2 is 1.70 bits per heavy atom. The molecule has 0 saturated carbocycles. The predicted octanol–water partition coefficient (Wildman–Crippen LogP) is 0.148. The van der Waals surface area contributed by atoms with Crippen LogP contribution in [-0.4, -0.2) is 81.5 Å². The van der Waals surface area contributed by atoms with E-state index in [2.05, 4.69) is 9.80 Å². The first-order valence-electron chi connectivity index (χ1n) is 8.13. The lowest BCUT2D eigenvalue weighted by Gasteiger charge is -2.39. The van der Waals surface area contributed by atoms with Gasteiger partial charge in [-0.1, -0.05) is 0 Å². The minimum absolute atomic E-state index is 0.304. The van der Waals surface area contributed by atoms with Gasteiger partial charge in [0.05, 0.1) is 13.2 Å². The maximum absolute atomic E-state index is 6.08. The number of nitrogens with two attached hydrogens (primary N) is 1. The third kappa shape index (κ3) is 3.34. The van der Waals surface area contributed by atoms with Crippen LogP contribution in [0.1, 0.15) is 19.3 Å². The minimum atomic E-state index is 0.304. The van der Waals surface area contributed by atoms with Gasteiger partial charge in [0.15, 0.2) is 0 Å². The quantitative estimate of drug-likeness (QED) is 0.796. The van der Waals surface area contributed by atoms with Crippen LogP contribution in [0.3, 0.4) is 0 Å². The largest absolute Gasteiger partial charge is 0.381 e. The number of morpholine rings is 1. The van der Waals surface area contributed by atoms with E-state index in [9.17, 15) is 0 Å². The summed E-state index contributed by atoms with van der Waals surface area (Å²) in [4.78, 5) is 5.25. The van der Waals surface area contributed by atoms with Crippen molar-refractivity contribution in [3.8, 4) is 0 Å². The Morgan fingerprint density at radius 3 is 2.40 bits per heavy atom. The molecule has 3 saturated heterocycles. The molecule has 3 rings (SSSR count). The third-order valence-corrected chi connectivity index (χ3v) is 5.36. The van der Waals surface area contributed by atoms with Crippen LogP contribution in [0.2, 0.25) is 0 Å². The summed E-state index contributed by atoms with van der Waals surface area (Å²) in [7, 11) is 0. The lowest BCUT2D eigenvalue weighted by Crippen LogP contribution is -2.48. The standard InChI is InChI=1S/C15H29N3O2/c16-12-15(2-7-19-8-3-15)13-17-4-1-14(11-17)18-5-9-20-10-6-18/h14H,1-13,16H2. The number of hydrogen-bond acceptors (Lipinski definition) is 5. The zero-order chi connectivity index (χ0) is 13.8. The van der Waals surface area contributed by atoms with Crippen molar-refractivity contribution in [3.63, 3.8) is 0 Å². The minimum Gasteiger partial charge on any atom is -0.381 e. The molecule has 3 aliphatic rings. The second-order valence-corrected chi connectivity index (χ2v) is 6.64. The molecule has 0 amide bonds. The molecular formula is C15H29N3O2. The monoisotopic (exact) mass is 283 g/mol. The lowest BCUT2D eigenvalue weighted by molar-refractivity contribution is -0.00140. The fraction of sp³-hybridized carbons (Fsp3) is 1.00. The van der Waals surface area contributed by atoms with Crippen LogP contribution in [0.4, 0.5) is 0 Å². The SMILES string of the molecule is NCC1(CN2CCC(N3CCOCC3)C2)CCOCC1. The van der Waals surface area contributed by atoms with E-state index in [4.69, 9.17) is 15.2 Å². The molecule has 0 aliphatic carbocycles. The van der Waals surface area contributed by atoms with E-state index in [0.29, 0.717) is 5.41 Å². The highest BCUT2D eigenvalue weighted by molar-refractivity contribution is 4.91. The van der Waals surface area contributed by atoms with Crippen LogP contribution < -0.4 is 5.73 Å². The zero-order valence-electron chi connectivity index (χ0n) is 12.6. The predicted molar refractivity (Wildman–Crippen MR) is 78.8 cm³/mol.